The van der Waals surface area contributed by atoms with Gasteiger partial charge in [0.05, 0.1) is 24.6 Å². The lowest BCUT2D eigenvalue weighted by Crippen LogP contribution is -2.43. The summed E-state index contributed by atoms with van der Waals surface area (Å²) in [5, 5.41) is 9.93. The van der Waals surface area contributed by atoms with E-state index in [1.165, 1.54) is 0 Å². The van der Waals surface area contributed by atoms with Crippen LogP contribution in [0.1, 0.15) is 5.69 Å². The maximum atomic E-state index is 9.93. The van der Waals surface area contributed by atoms with Crippen molar-refractivity contribution in [2.75, 3.05) is 64.4 Å². The van der Waals surface area contributed by atoms with Crippen LogP contribution in [0.25, 0.3) is 16.9 Å². The van der Waals surface area contributed by atoms with Crippen molar-refractivity contribution in [1.29, 1.82) is 0 Å². The smallest absolute Gasteiger partial charge is 0.180 e. The molecule has 4 heterocycles. The standard InChI is InChI=1S/C22H28N6O2/c1-25-5-7-26(8-6-25)14-18-15-28-16-20(17-3-2-4-19(29)13-17)24-22(21(28)23-18)27-9-11-30-12-10-27/h2-4,13,15-16,29H,5-12,14H2,1H3. The Morgan fingerprint density at radius 3 is 2.57 bits per heavy atom. The number of aromatic nitrogens is 3. The monoisotopic (exact) mass is 408 g/mol. The van der Waals surface area contributed by atoms with Gasteiger partial charge in [-0.3, -0.25) is 4.90 Å². The molecule has 2 saturated heterocycles. The molecule has 30 heavy (non-hydrogen) atoms. The molecule has 8 nitrogen and oxygen atoms in total. The lowest BCUT2D eigenvalue weighted by molar-refractivity contribution is 0.122. The fraction of sp³-hybridized carbons (Fsp3) is 0.455. The predicted octanol–water partition coefficient (Wildman–Crippen LogP) is 1.69. The first-order chi connectivity index (χ1) is 14.7. The van der Waals surface area contributed by atoms with Gasteiger partial charge in [0.15, 0.2) is 11.5 Å². The molecule has 8 heteroatoms. The molecule has 0 bridgehead atoms. The van der Waals surface area contributed by atoms with Gasteiger partial charge in [-0.15, -0.1) is 0 Å². The van der Waals surface area contributed by atoms with Gasteiger partial charge in [0.2, 0.25) is 0 Å². The van der Waals surface area contributed by atoms with E-state index in [0.717, 1.165) is 74.2 Å². The van der Waals surface area contributed by atoms with E-state index < -0.39 is 0 Å². The number of ether oxygens (including phenoxy) is 1. The number of benzene rings is 1. The van der Waals surface area contributed by atoms with Crippen LogP contribution >= 0.6 is 0 Å². The van der Waals surface area contributed by atoms with E-state index in [1.54, 1.807) is 12.1 Å². The summed E-state index contributed by atoms with van der Waals surface area (Å²) in [4.78, 5) is 17.0. The van der Waals surface area contributed by atoms with E-state index >= 15 is 0 Å². The van der Waals surface area contributed by atoms with Crippen LogP contribution in [0.5, 0.6) is 5.75 Å². The number of aromatic hydroxyl groups is 1. The summed E-state index contributed by atoms with van der Waals surface area (Å²) >= 11 is 0. The van der Waals surface area contributed by atoms with Crippen LogP contribution < -0.4 is 4.90 Å². The number of phenolic OH excluding ortho intramolecular Hbond substituents is 1. The lowest BCUT2D eigenvalue weighted by Gasteiger charge is -2.31. The van der Waals surface area contributed by atoms with Crippen LogP contribution in [0.4, 0.5) is 5.82 Å². The molecule has 0 amide bonds. The third-order valence-corrected chi connectivity index (χ3v) is 5.90. The number of piperazine rings is 1. The van der Waals surface area contributed by atoms with Gasteiger partial charge < -0.3 is 24.0 Å². The number of fused-ring (bicyclic) bond motifs is 1. The molecule has 2 fully saturated rings. The summed E-state index contributed by atoms with van der Waals surface area (Å²) < 4.78 is 7.62. The maximum Gasteiger partial charge on any atom is 0.180 e. The molecule has 0 unspecified atom stereocenters. The fourth-order valence-corrected chi connectivity index (χ4v) is 4.14. The molecule has 3 aromatic rings. The Bertz CT molecular complexity index is 1020. The van der Waals surface area contributed by atoms with Crippen molar-refractivity contribution < 1.29 is 9.84 Å². The SMILES string of the molecule is CN1CCN(Cc2cn3cc(-c4cccc(O)c4)nc(N4CCOCC4)c3n2)CC1. The minimum Gasteiger partial charge on any atom is -0.508 e. The van der Waals surface area contributed by atoms with Crippen LogP contribution in [-0.2, 0) is 11.3 Å². The number of rotatable bonds is 4. The summed E-state index contributed by atoms with van der Waals surface area (Å²) in [5.41, 5.74) is 3.65. The average molecular weight is 409 g/mol. The minimum absolute atomic E-state index is 0.240. The van der Waals surface area contributed by atoms with Crippen LogP contribution in [0.15, 0.2) is 36.7 Å². The first-order valence-electron chi connectivity index (χ1n) is 10.6. The van der Waals surface area contributed by atoms with Crippen molar-refractivity contribution in [3.8, 4) is 17.0 Å². The van der Waals surface area contributed by atoms with Gasteiger partial charge in [0.1, 0.15) is 5.75 Å². The number of hydrogen-bond donors (Lipinski definition) is 1. The second kappa shape index (κ2) is 8.22. The number of morpholine rings is 1. The molecule has 2 aliphatic rings. The Labute approximate surface area is 176 Å². The molecule has 0 atom stereocenters. The molecular weight excluding hydrogens is 380 g/mol. The van der Waals surface area contributed by atoms with Crippen LogP contribution in [0.2, 0.25) is 0 Å². The highest BCUT2D eigenvalue weighted by molar-refractivity contribution is 5.71. The number of imidazole rings is 1. The van der Waals surface area contributed by atoms with E-state index in [-0.39, 0.29) is 5.75 Å². The van der Waals surface area contributed by atoms with Crippen molar-refractivity contribution in [2.24, 2.45) is 0 Å². The van der Waals surface area contributed by atoms with Crippen molar-refractivity contribution >= 4 is 11.5 Å². The van der Waals surface area contributed by atoms with Crippen LogP contribution in [-0.4, -0.2) is 88.8 Å². The van der Waals surface area contributed by atoms with Gasteiger partial charge in [-0.1, -0.05) is 12.1 Å². The number of nitrogens with zero attached hydrogens (tertiary/aromatic N) is 6. The summed E-state index contributed by atoms with van der Waals surface area (Å²) in [6, 6.07) is 7.24. The Hall–Kier alpha value is -2.68. The highest BCUT2D eigenvalue weighted by Gasteiger charge is 2.21. The molecule has 0 spiro atoms. The molecule has 158 valence electrons. The third-order valence-electron chi connectivity index (χ3n) is 5.90. The third kappa shape index (κ3) is 3.98. The van der Waals surface area contributed by atoms with Gasteiger partial charge in [0.25, 0.3) is 0 Å². The van der Waals surface area contributed by atoms with Crippen molar-refractivity contribution in [3.63, 3.8) is 0 Å². The van der Waals surface area contributed by atoms with Gasteiger partial charge in [-0.25, -0.2) is 9.97 Å². The topological polar surface area (TPSA) is 69.4 Å². The molecule has 1 N–H and O–H groups in total. The van der Waals surface area contributed by atoms with Gasteiger partial charge in [0, 0.05) is 63.8 Å². The van der Waals surface area contributed by atoms with E-state index in [1.807, 2.05) is 18.3 Å². The number of anilines is 1. The molecule has 0 radical (unpaired) electrons. The zero-order chi connectivity index (χ0) is 20.5. The van der Waals surface area contributed by atoms with Crippen LogP contribution in [0.3, 0.4) is 0 Å². The van der Waals surface area contributed by atoms with Crippen molar-refractivity contribution in [1.82, 2.24) is 24.2 Å². The molecule has 2 aliphatic heterocycles. The van der Waals surface area contributed by atoms with Gasteiger partial charge >= 0.3 is 0 Å². The highest BCUT2D eigenvalue weighted by atomic mass is 16.5. The molecule has 1 aromatic carbocycles. The molecule has 0 saturated carbocycles. The molecular formula is C22H28N6O2. The van der Waals surface area contributed by atoms with Crippen LogP contribution in [0, 0.1) is 0 Å². The summed E-state index contributed by atoms with van der Waals surface area (Å²) in [7, 11) is 2.17. The van der Waals surface area contributed by atoms with E-state index in [4.69, 9.17) is 14.7 Å². The number of hydrogen-bond acceptors (Lipinski definition) is 7. The normalized spacial score (nSPS) is 18.9. The van der Waals surface area contributed by atoms with Crippen molar-refractivity contribution in [3.05, 3.63) is 42.4 Å². The Kier molecular flexibility index (Phi) is 5.28. The molecule has 0 aliphatic carbocycles. The second-order valence-electron chi connectivity index (χ2n) is 8.14. The largest absolute Gasteiger partial charge is 0.508 e. The minimum atomic E-state index is 0.240. The maximum absolute atomic E-state index is 9.93. The predicted molar refractivity (Wildman–Crippen MR) is 116 cm³/mol. The fourth-order valence-electron chi connectivity index (χ4n) is 4.14. The van der Waals surface area contributed by atoms with E-state index in [2.05, 4.69) is 32.3 Å². The zero-order valence-corrected chi connectivity index (χ0v) is 17.4. The lowest BCUT2D eigenvalue weighted by atomic mass is 10.1. The Morgan fingerprint density at radius 1 is 1.00 bits per heavy atom. The van der Waals surface area contributed by atoms with E-state index in [0.29, 0.717) is 13.2 Å². The highest BCUT2D eigenvalue weighted by Crippen LogP contribution is 2.28. The second-order valence-corrected chi connectivity index (χ2v) is 8.14. The summed E-state index contributed by atoms with van der Waals surface area (Å²) in [6.45, 7) is 8.14. The Morgan fingerprint density at radius 2 is 1.80 bits per heavy atom. The van der Waals surface area contributed by atoms with E-state index in [9.17, 15) is 5.11 Å². The van der Waals surface area contributed by atoms with Gasteiger partial charge in [-0.05, 0) is 19.2 Å². The summed E-state index contributed by atoms with van der Waals surface area (Å²) in [5.74, 6) is 1.12. The zero-order valence-electron chi connectivity index (χ0n) is 17.4. The van der Waals surface area contributed by atoms with Gasteiger partial charge in [-0.2, -0.15) is 0 Å². The number of phenols is 1. The van der Waals surface area contributed by atoms with Crippen molar-refractivity contribution in [2.45, 2.75) is 6.54 Å². The first kappa shape index (κ1) is 19.3. The average Bonchev–Trinajstić information content (AvgIpc) is 3.17. The number of likely N-dealkylation sites (N-methyl/N-ethyl adjacent to an activating group) is 1. The quantitative estimate of drug-likeness (QED) is 0.704. The Balaban J connectivity index is 1.52. The molecule has 2 aromatic heterocycles. The summed E-state index contributed by atoms with van der Waals surface area (Å²) in [6.07, 6.45) is 4.13. The molecule has 5 rings (SSSR count). The first-order valence-corrected chi connectivity index (χ1v) is 10.6.